The average Bonchev–Trinajstić information content (AvgIpc) is 2.38. The van der Waals surface area contributed by atoms with E-state index in [4.69, 9.17) is 10.5 Å². The quantitative estimate of drug-likeness (QED) is 0.855. The number of halogens is 1. The number of hydrogen-bond donors (Lipinski definition) is 1. The number of ether oxygens (including phenoxy) is 1. The molecule has 6 heteroatoms. The number of nitrogens with two attached hydrogens (primary N) is 1. The van der Waals surface area contributed by atoms with E-state index in [-0.39, 0.29) is 5.91 Å². The number of nitrogens with zero attached hydrogens (tertiary/aromatic N) is 1. The standard InChI is InChI=1S/C14H19BrN2O3/c1-9-8-11(15)4-5-12(9)14(19)17(6-7-20-3)10(2)13(16)18/h4-5,8,10H,6-7H2,1-3H3,(H2,16,18). The van der Waals surface area contributed by atoms with E-state index in [1.54, 1.807) is 26.2 Å². The highest BCUT2D eigenvalue weighted by Crippen LogP contribution is 2.18. The van der Waals surface area contributed by atoms with Gasteiger partial charge >= 0.3 is 0 Å². The molecule has 2 N–H and O–H groups in total. The first-order valence-electron chi connectivity index (χ1n) is 6.23. The molecule has 0 aliphatic heterocycles. The van der Waals surface area contributed by atoms with Gasteiger partial charge in [-0.25, -0.2) is 0 Å². The van der Waals surface area contributed by atoms with Crippen molar-refractivity contribution in [2.24, 2.45) is 5.73 Å². The Morgan fingerprint density at radius 3 is 2.60 bits per heavy atom. The predicted molar refractivity (Wildman–Crippen MR) is 80.4 cm³/mol. The topological polar surface area (TPSA) is 72.6 Å². The molecule has 0 bridgehead atoms. The van der Waals surface area contributed by atoms with Gasteiger partial charge in [-0.2, -0.15) is 0 Å². The van der Waals surface area contributed by atoms with Gasteiger partial charge in [0.15, 0.2) is 0 Å². The third-order valence-electron chi connectivity index (χ3n) is 3.10. The lowest BCUT2D eigenvalue weighted by Gasteiger charge is -2.27. The highest BCUT2D eigenvalue weighted by atomic mass is 79.9. The molecule has 5 nitrogen and oxygen atoms in total. The van der Waals surface area contributed by atoms with E-state index in [2.05, 4.69) is 15.9 Å². The second-order valence-corrected chi connectivity index (χ2v) is 5.44. The monoisotopic (exact) mass is 342 g/mol. The predicted octanol–water partition coefficient (Wildman–Crippen LogP) is 1.72. The summed E-state index contributed by atoms with van der Waals surface area (Å²) in [5, 5.41) is 0. The minimum absolute atomic E-state index is 0.224. The van der Waals surface area contributed by atoms with E-state index < -0.39 is 11.9 Å². The van der Waals surface area contributed by atoms with Crippen LogP contribution in [0.3, 0.4) is 0 Å². The summed E-state index contributed by atoms with van der Waals surface area (Å²) in [6.45, 7) is 4.12. The smallest absolute Gasteiger partial charge is 0.254 e. The molecule has 0 aliphatic carbocycles. The zero-order valence-corrected chi connectivity index (χ0v) is 13.4. The molecule has 1 unspecified atom stereocenters. The Balaban J connectivity index is 3.06. The van der Waals surface area contributed by atoms with Crippen LogP contribution in [-0.2, 0) is 9.53 Å². The van der Waals surface area contributed by atoms with Crippen LogP contribution in [0.4, 0.5) is 0 Å². The van der Waals surface area contributed by atoms with Crippen molar-refractivity contribution >= 4 is 27.7 Å². The molecular formula is C14H19BrN2O3. The van der Waals surface area contributed by atoms with E-state index in [0.29, 0.717) is 18.7 Å². The van der Waals surface area contributed by atoms with Crippen molar-refractivity contribution in [1.82, 2.24) is 4.90 Å². The van der Waals surface area contributed by atoms with Gasteiger partial charge in [-0.3, -0.25) is 9.59 Å². The van der Waals surface area contributed by atoms with Crippen LogP contribution in [0, 0.1) is 6.92 Å². The van der Waals surface area contributed by atoms with Crippen LogP contribution >= 0.6 is 15.9 Å². The SMILES string of the molecule is COCCN(C(=O)c1ccc(Br)cc1C)C(C)C(N)=O. The van der Waals surface area contributed by atoms with Crippen molar-refractivity contribution in [3.8, 4) is 0 Å². The summed E-state index contributed by atoms with van der Waals surface area (Å²) in [6, 6.07) is 4.70. The third kappa shape index (κ3) is 4.05. The van der Waals surface area contributed by atoms with E-state index >= 15 is 0 Å². The van der Waals surface area contributed by atoms with Gasteiger partial charge in [0.25, 0.3) is 5.91 Å². The summed E-state index contributed by atoms with van der Waals surface area (Å²) in [4.78, 5) is 25.4. The zero-order valence-electron chi connectivity index (χ0n) is 11.9. The first-order chi connectivity index (χ1) is 9.38. The Morgan fingerprint density at radius 2 is 2.10 bits per heavy atom. The molecule has 1 atom stereocenters. The lowest BCUT2D eigenvalue weighted by atomic mass is 10.1. The molecule has 0 heterocycles. The number of methoxy groups -OCH3 is 1. The maximum Gasteiger partial charge on any atom is 0.254 e. The highest BCUT2D eigenvalue weighted by Gasteiger charge is 2.25. The molecule has 1 rings (SSSR count). The number of amides is 2. The van der Waals surface area contributed by atoms with Crippen molar-refractivity contribution in [2.75, 3.05) is 20.3 Å². The molecule has 0 aliphatic rings. The largest absolute Gasteiger partial charge is 0.383 e. The molecule has 110 valence electrons. The second-order valence-electron chi connectivity index (χ2n) is 4.53. The Hall–Kier alpha value is -1.40. The fraction of sp³-hybridized carbons (Fsp3) is 0.429. The number of carbonyl (C=O) groups is 2. The molecule has 0 radical (unpaired) electrons. The number of rotatable bonds is 6. The first-order valence-corrected chi connectivity index (χ1v) is 7.03. The molecule has 0 aromatic heterocycles. The number of primary amides is 1. The summed E-state index contributed by atoms with van der Waals surface area (Å²) >= 11 is 3.36. The van der Waals surface area contributed by atoms with Gasteiger partial charge in [-0.1, -0.05) is 15.9 Å². The van der Waals surface area contributed by atoms with E-state index in [1.165, 1.54) is 4.90 Å². The number of carbonyl (C=O) groups excluding carboxylic acids is 2. The van der Waals surface area contributed by atoms with Gasteiger partial charge in [0, 0.05) is 23.7 Å². The fourth-order valence-corrected chi connectivity index (χ4v) is 2.31. The molecular weight excluding hydrogens is 324 g/mol. The van der Waals surface area contributed by atoms with Crippen molar-refractivity contribution in [2.45, 2.75) is 19.9 Å². The molecule has 0 spiro atoms. The summed E-state index contributed by atoms with van der Waals surface area (Å²) in [5.74, 6) is -0.762. The minimum Gasteiger partial charge on any atom is -0.383 e. The van der Waals surface area contributed by atoms with Crippen LogP contribution in [0.1, 0.15) is 22.8 Å². The van der Waals surface area contributed by atoms with Crippen LogP contribution in [0.15, 0.2) is 22.7 Å². The summed E-state index contributed by atoms with van der Waals surface area (Å²) in [7, 11) is 1.54. The first kappa shape index (κ1) is 16.7. The van der Waals surface area contributed by atoms with E-state index in [0.717, 1.165) is 10.0 Å². The molecule has 0 fully saturated rings. The summed E-state index contributed by atoms with van der Waals surface area (Å²) in [6.07, 6.45) is 0. The maximum atomic E-state index is 12.6. The molecule has 1 aromatic carbocycles. The summed E-state index contributed by atoms with van der Waals surface area (Å²) in [5.41, 5.74) is 6.70. The average molecular weight is 343 g/mol. The Morgan fingerprint density at radius 1 is 1.45 bits per heavy atom. The van der Waals surface area contributed by atoms with Crippen molar-refractivity contribution in [3.63, 3.8) is 0 Å². The fourth-order valence-electron chi connectivity index (χ4n) is 1.84. The highest BCUT2D eigenvalue weighted by molar-refractivity contribution is 9.10. The maximum absolute atomic E-state index is 12.6. The lowest BCUT2D eigenvalue weighted by Crippen LogP contribution is -2.47. The van der Waals surface area contributed by atoms with Crippen LogP contribution in [0.5, 0.6) is 0 Å². The van der Waals surface area contributed by atoms with Gasteiger partial charge in [0.05, 0.1) is 6.61 Å². The molecule has 2 amide bonds. The third-order valence-corrected chi connectivity index (χ3v) is 3.59. The van der Waals surface area contributed by atoms with Crippen LogP contribution in [0.25, 0.3) is 0 Å². The van der Waals surface area contributed by atoms with Gasteiger partial charge in [0.2, 0.25) is 5.91 Å². The van der Waals surface area contributed by atoms with Crippen LogP contribution < -0.4 is 5.73 Å². The number of benzene rings is 1. The van der Waals surface area contributed by atoms with E-state index in [1.807, 2.05) is 13.0 Å². The molecule has 0 saturated heterocycles. The minimum atomic E-state index is -0.680. The number of hydrogen-bond acceptors (Lipinski definition) is 3. The van der Waals surface area contributed by atoms with Crippen molar-refractivity contribution < 1.29 is 14.3 Å². The molecule has 20 heavy (non-hydrogen) atoms. The second kappa shape index (κ2) is 7.40. The van der Waals surface area contributed by atoms with Gasteiger partial charge in [0.1, 0.15) is 6.04 Å². The van der Waals surface area contributed by atoms with Crippen molar-refractivity contribution in [3.05, 3.63) is 33.8 Å². The normalized spacial score (nSPS) is 12.0. The number of aryl methyl sites for hydroxylation is 1. The van der Waals surface area contributed by atoms with Crippen molar-refractivity contribution in [1.29, 1.82) is 0 Å². The van der Waals surface area contributed by atoms with Gasteiger partial charge < -0.3 is 15.4 Å². The van der Waals surface area contributed by atoms with Gasteiger partial charge in [-0.15, -0.1) is 0 Å². The molecule has 1 aromatic rings. The lowest BCUT2D eigenvalue weighted by molar-refractivity contribution is -0.122. The Bertz CT molecular complexity index is 505. The van der Waals surface area contributed by atoms with Crippen LogP contribution in [-0.4, -0.2) is 43.0 Å². The zero-order chi connectivity index (χ0) is 15.3. The summed E-state index contributed by atoms with van der Waals surface area (Å²) < 4.78 is 5.88. The van der Waals surface area contributed by atoms with Crippen LogP contribution in [0.2, 0.25) is 0 Å². The van der Waals surface area contributed by atoms with E-state index in [9.17, 15) is 9.59 Å². The Kier molecular flexibility index (Phi) is 6.16. The van der Waals surface area contributed by atoms with Gasteiger partial charge in [-0.05, 0) is 37.6 Å². The Labute approximate surface area is 127 Å². The molecule has 0 saturated carbocycles.